The minimum absolute atomic E-state index is 0.0133. The summed E-state index contributed by atoms with van der Waals surface area (Å²) < 4.78 is 34.1. The van der Waals surface area contributed by atoms with E-state index in [9.17, 15) is 18.0 Å². The Labute approximate surface area is 234 Å². The van der Waals surface area contributed by atoms with Crippen molar-refractivity contribution in [3.05, 3.63) is 51.9 Å². The summed E-state index contributed by atoms with van der Waals surface area (Å²) in [7, 11) is -2.16. The van der Waals surface area contributed by atoms with Gasteiger partial charge in [0.2, 0.25) is 10.0 Å². The summed E-state index contributed by atoms with van der Waals surface area (Å²) in [5.41, 5.74) is 2.40. The number of imidazole rings is 1. The van der Waals surface area contributed by atoms with E-state index in [1.807, 2.05) is 18.4 Å². The van der Waals surface area contributed by atoms with Gasteiger partial charge in [-0.2, -0.15) is 0 Å². The van der Waals surface area contributed by atoms with Crippen LogP contribution in [0.3, 0.4) is 0 Å². The fraction of sp³-hybridized carbons (Fsp3) is 0.481. The molecule has 39 heavy (non-hydrogen) atoms. The second kappa shape index (κ2) is 11.9. The first-order chi connectivity index (χ1) is 18.1. The molecular weight excluding hydrogens is 542 g/mol. The standard InChI is InChI=1S/C27H36ClN5O5S/c1-8-9-10-13-39(36,37)31-25(34)22-14-17(2)23-24(30-22)33(18(3)29-23)16-19-11-12-20(15-21(19)28)32(7)26(35)38-27(4,5)6/h11-12,14-15H,8-10,13,16H2,1-7H3,(H,31,34). The van der Waals surface area contributed by atoms with Crippen LogP contribution in [-0.4, -0.2) is 53.4 Å². The van der Waals surface area contributed by atoms with Crippen molar-refractivity contribution in [1.29, 1.82) is 0 Å². The molecule has 3 aromatic rings. The molecule has 0 aliphatic rings. The Bertz CT molecular complexity index is 1490. The Morgan fingerprint density at radius 2 is 1.82 bits per heavy atom. The lowest BCUT2D eigenvalue weighted by atomic mass is 10.2. The highest BCUT2D eigenvalue weighted by molar-refractivity contribution is 7.90. The number of nitrogens with zero attached hydrogens (tertiary/aromatic N) is 4. The van der Waals surface area contributed by atoms with Crippen molar-refractivity contribution in [2.24, 2.45) is 0 Å². The van der Waals surface area contributed by atoms with Gasteiger partial charge in [0.25, 0.3) is 5.91 Å². The van der Waals surface area contributed by atoms with Gasteiger partial charge in [-0.15, -0.1) is 0 Å². The highest BCUT2D eigenvalue weighted by Crippen LogP contribution is 2.27. The van der Waals surface area contributed by atoms with Crippen molar-refractivity contribution in [2.45, 2.75) is 73.0 Å². The SMILES string of the molecule is CCCCCS(=O)(=O)NC(=O)c1cc(C)c2nc(C)n(Cc3ccc(N(C)C(=O)OC(C)(C)C)cc3Cl)c2n1. The number of sulfonamides is 1. The quantitative estimate of drug-likeness (QED) is 0.339. The number of anilines is 1. The average Bonchev–Trinajstić information content (AvgIpc) is 3.14. The van der Waals surface area contributed by atoms with Gasteiger partial charge in [0, 0.05) is 17.8 Å². The maximum Gasteiger partial charge on any atom is 0.414 e. The number of ether oxygens (including phenoxy) is 1. The Morgan fingerprint density at radius 3 is 2.44 bits per heavy atom. The number of carbonyl (C=O) groups is 2. The fourth-order valence-electron chi connectivity index (χ4n) is 3.92. The van der Waals surface area contributed by atoms with Gasteiger partial charge in [0.05, 0.1) is 12.3 Å². The van der Waals surface area contributed by atoms with Crippen molar-refractivity contribution in [3.8, 4) is 0 Å². The third-order valence-electron chi connectivity index (χ3n) is 6.00. The first-order valence-corrected chi connectivity index (χ1v) is 14.8. The van der Waals surface area contributed by atoms with E-state index in [0.29, 0.717) is 46.2 Å². The normalized spacial score (nSPS) is 12.0. The molecule has 12 heteroatoms. The number of benzene rings is 1. The summed E-state index contributed by atoms with van der Waals surface area (Å²) in [6.07, 6.45) is 1.61. The van der Waals surface area contributed by atoms with Crippen LogP contribution in [0, 0.1) is 13.8 Å². The van der Waals surface area contributed by atoms with Crippen molar-refractivity contribution in [3.63, 3.8) is 0 Å². The number of fused-ring (bicyclic) bond motifs is 1. The molecule has 0 fully saturated rings. The Morgan fingerprint density at radius 1 is 1.13 bits per heavy atom. The van der Waals surface area contributed by atoms with E-state index in [1.165, 1.54) is 11.0 Å². The van der Waals surface area contributed by atoms with Crippen LogP contribution in [0.25, 0.3) is 11.2 Å². The predicted octanol–water partition coefficient (Wildman–Crippen LogP) is 5.37. The summed E-state index contributed by atoms with van der Waals surface area (Å²) in [5, 5.41) is 0.424. The number of aryl methyl sites for hydroxylation is 2. The second-order valence-electron chi connectivity index (χ2n) is 10.5. The molecule has 0 aliphatic heterocycles. The van der Waals surface area contributed by atoms with Crippen molar-refractivity contribution < 1.29 is 22.7 Å². The van der Waals surface area contributed by atoms with Gasteiger partial charge in [-0.3, -0.25) is 9.69 Å². The van der Waals surface area contributed by atoms with E-state index in [2.05, 4.69) is 14.7 Å². The number of halogens is 1. The van der Waals surface area contributed by atoms with Crippen LogP contribution in [0.15, 0.2) is 24.3 Å². The van der Waals surface area contributed by atoms with Crippen LogP contribution in [0.4, 0.5) is 10.5 Å². The summed E-state index contributed by atoms with van der Waals surface area (Å²) >= 11 is 6.61. The van der Waals surface area contributed by atoms with Gasteiger partial charge in [0.1, 0.15) is 22.6 Å². The molecule has 2 amide bonds. The molecule has 1 aromatic carbocycles. The van der Waals surface area contributed by atoms with Crippen molar-refractivity contribution in [2.75, 3.05) is 17.7 Å². The Kier molecular flexibility index (Phi) is 9.27. The zero-order valence-corrected chi connectivity index (χ0v) is 25.0. The largest absolute Gasteiger partial charge is 0.443 e. The topological polar surface area (TPSA) is 123 Å². The molecule has 0 radical (unpaired) electrons. The zero-order chi connectivity index (χ0) is 29.1. The van der Waals surface area contributed by atoms with Crippen LogP contribution in [0.2, 0.25) is 5.02 Å². The third kappa shape index (κ3) is 7.69. The molecule has 10 nitrogen and oxygen atoms in total. The van der Waals surface area contributed by atoms with Crippen LogP contribution in [-0.2, 0) is 21.3 Å². The van der Waals surface area contributed by atoms with E-state index < -0.39 is 27.6 Å². The van der Waals surface area contributed by atoms with E-state index in [1.54, 1.807) is 52.9 Å². The lowest BCUT2D eigenvalue weighted by Gasteiger charge is -2.25. The molecule has 0 aliphatic carbocycles. The summed E-state index contributed by atoms with van der Waals surface area (Å²) in [6, 6.07) is 6.77. The summed E-state index contributed by atoms with van der Waals surface area (Å²) in [5.74, 6) is -0.256. The van der Waals surface area contributed by atoms with Gasteiger partial charge in [-0.25, -0.2) is 27.9 Å². The number of unbranched alkanes of at least 4 members (excludes halogenated alkanes) is 2. The minimum Gasteiger partial charge on any atom is -0.443 e. The monoisotopic (exact) mass is 577 g/mol. The number of aromatic nitrogens is 3. The fourth-order valence-corrected chi connectivity index (χ4v) is 5.23. The average molecular weight is 578 g/mol. The summed E-state index contributed by atoms with van der Waals surface area (Å²) in [4.78, 5) is 35.7. The lowest BCUT2D eigenvalue weighted by molar-refractivity contribution is 0.0589. The highest BCUT2D eigenvalue weighted by Gasteiger charge is 2.23. The smallest absolute Gasteiger partial charge is 0.414 e. The van der Waals surface area contributed by atoms with E-state index >= 15 is 0 Å². The molecule has 0 unspecified atom stereocenters. The minimum atomic E-state index is -3.77. The van der Waals surface area contributed by atoms with Crippen LogP contribution in [0.5, 0.6) is 0 Å². The highest BCUT2D eigenvalue weighted by atomic mass is 35.5. The molecule has 2 aromatic heterocycles. The maximum atomic E-state index is 12.8. The van der Waals surface area contributed by atoms with Crippen LogP contribution < -0.4 is 9.62 Å². The molecule has 0 saturated carbocycles. The third-order valence-corrected chi connectivity index (χ3v) is 7.68. The van der Waals surface area contributed by atoms with E-state index in [4.69, 9.17) is 16.3 Å². The first-order valence-electron chi connectivity index (χ1n) is 12.8. The molecule has 0 bridgehead atoms. The number of hydrogen-bond acceptors (Lipinski definition) is 7. The van der Waals surface area contributed by atoms with Crippen molar-refractivity contribution >= 4 is 50.5 Å². The van der Waals surface area contributed by atoms with Crippen molar-refractivity contribution in [1.82, 2.24) is 19.3 Å². The first kappa shape index (κ1) is 30.4. The van der Waals surface area contributed by atoms with E-state index in [-0.39, 0.29) is 11.4 Å². The number of nitrogens with one attached hydrogen (secondary N) is 1. The number of rotatable bonds is 9. The number of amides is 2. The Hall–Kier alpha value is -3.18. The number of pyridine rings is 1. The molecule has 212 valence electrons. The molecular formula is C27H36ClN5O5S. The van der Waals surface area contributed by atoms with Gasteiger partial charge < -0.3 is 9.30 Å². The molecule has 1 N–H and O–H groups in total. The van der Waals surface area contributed by atoms with Gasteiger partial charge in [-0.05, 0) is 70.4 Å². The lowest BCUT2D eigenvalue weighted by Crippen LogP contribution is -2.34. The Balaban J connectivity index is 1.89. The van der Waals surface area contributed by atoms with Gasteiger partial charge in [0.15, 0.2) is 5.65 Å². The van der Waals surface area contributed by atoms with Crippen LogP contribution in [0.1, 0.15) is 74.4 Å². The summed E-state index contributed by atoms with van der Waals surface area (Å²) in [6.45, 7) is 11.3. The molecule has 0 saturated heterocycles. The predicted molar refractivity (Wildman–Crippen MR) is 153 cm³/mol. The number of hydrogen-bond donors (Lipinski definition) is 1. The van der Waals surface area contributed by atoms with Gasteiger partial charge in [-0.1, -0.05) is 37.4 Å². The van der Waals surface area contributed by atoms with Gasteiger partial charge >= 0.3 is 6.09 Å². The molecule has 0 atom stereocenters. The number of carbonyl (C=O) groups excluding carboxylic acids is 2. The molecule has 2 heterocycles. The maximum absolute atomic E-state index is 12.8. The van der Waals surface area contributed by atoms with E-state index in [0.717, 1.165) is 18.4 Å². The molecule has 0 spiro atoms. The van der Waals surface area contributed by atoms with Crippen LogP contribution >= 0.6 is 11.6 Å². The molecule has 3 rings (SSSR count). The second-order valence-corrected chi connectivity index (χ2v) is 12.8. The zero-order valence-electron chi connectivity index (χ0n) is 23.5.